The minimum Gasteiger partial charge on any atom is -0.465 e. The predicted octanol–water partition coefficient (Wildman–Crippen LogP) is 2.58. The molecule has 1 saturated carbocycles. The molecule has 2 bridgehead atoms. The van der Waals surface area contributed by atoms with Gasteiger partial charge in [-0.05, 0) is 32.6 Å². The lowest BCUT2D eigenvalue weighted by Gasteiger charge is -2.42. The fourth-order valence-corrected chi connectivity index (χ4v) is 7.57. The molecule has 35 heavy (non-hydrogen) atoms. The summed E-state index contributed by atoms with van der Waals surface area (Å²) in [5.74, 6) is -2.62. The zero-order valence-electron chi connectivity index (χ0n) is 20.4. The van der Waals surface area contributed by atoms with E-state index in [4.69, 9.17) is 9.47 Å². The first-order chi connectivity index (χ1) is 16.8. The van der Waals surface area contributed by atoms with Crippen LogP contribution in [0.4, 0.5) is 0 Å². The predicted molar refractivity (Wildman–Crippen MR) is 134 cm³/mol. The molecule has 1 spiro atoms. The summed E-state index contributed by atoms with van der Waals surface area (Å²) in [4.78, 5) is 44.5. The van der Waals surface area contributed by atoms with Gasteiger partial charge in [-0.25, -0.2) is 0 Å². The highest BCUT2D eigenvalue weighted by atomic mass is 79.9. The number of esters is 1. The Hall–Kier alpha value is -1.71. The van der Waals surface area contributed by atoms with E-state index in [9.17, 15) is 19.5 Å². The molecule has 194 valence electrons. The van der Waals surface area contributed by atoms with Gasteiger partial charge in [0.1, 0.15) is 11.6 Å². The van der Waals surface area contributed by atoms with Crippen molar-refractivity contribution in [2.24, 2.45) is 11.8 Å². The topological polar surface area (TPSA) is 96.4 Å². The monoisotopic (exact) mass is 552 g/mol. The Bertz CT molecular complexity index is 861. The van der Waals surface area contributed by atoms with Crippen LogP contribution in [-0.4, -0.2) is 87.1 Å². The molecule has 0 aromatic rings. The summed E-state index contributed by atoms with van der Waals surface area (Å²) >= 11 is 3.66. The standard InChI is InChI=1S/C26H37BrN2O6/c1-4-6-13-34-25(33)19-20-23(31)29(16(3)15-30)22(26(20)14-18(27)21(19)35-26)24(32)28(12-5-2)17-10-8-7-9-11-17/h4-5,16-22,30H,1-2,6-15H2,3H3/t16-,18?,19-,20+,21-,22?,26?/m1/s1. The number of carbonyl (C=O) groups is 3. The van der Waals surface area contributed by atoms with Crippen molar-refractivity contribution >= 4 is 33.7 Å². The van der Waals surface area contributed by atoms with Crippen LogP contribution in [0.5, 0.6) is 0 Å². The fraction of sp³-hybridized carbons (Fsp3) is 0.731. The smallest absolute Gasteiger partial charge is 0.312 e. The molecule has 8 nitrogen and oxygen atoms in total. The van der Waals surface area contributed by atoms with Gasteiger partial charge >= 0.3 is 5.97 Å². The van der Waals surface area contributed by atoms with Gasteiger partial charge in [-0.2, -0.15) is 0 Å². The van der Waals surface area contributed by atoms with Crippen LogP contribution in [0.15, 0.2) is 25.3 Å². The van der Waals surface area contributed by atoms with Crippen LogP contribution in [-0.2, 0) is 23.9 Å². The average molecular weight is 553 g/mol. The number of alkyl halides is 1. The number of hydrogen-bond acceptors (Lipinski definition) is 6. The number of rotatable bonds is 10. The number of nitrogens with zero attached hydrogens (tertiary/aromatic N) is 2. The quantitative estimate of drug-likeness (QED) is 0.193. The van der Waals surface area contributed by atoms with Gasteiger partial charge in [-0.3, -0.25) is 14.4 Å². The van der Waals surface area contributed by atoms with Gasteiger partial charge in [0.25, 0.3) is 0 Å². The van der Waals surface area contributed by atoms with E-state index >= 15 is 0 Å². The molecule has 4 fully saturated rings. The van der Waals surface area contributed by atoms with Crippen LogP contribution in [0.1, 0.15) is 51.9 Å². The van der Waals surface area contributed by atoms with Crippen molar-refractivity contribution in [3.05, 3.63) is 25.3 Å². The summed E-state index contributed by atoms with van der Waals surface area (Å²) < 4.78 is 12.0. The Labute approximate surface area is 215 Å². The minimum atomic E-state index is -1.15. The van der Waals surface area contributed by atoms with Gasteiger partial charge in [0.2, 0.25) is 11.8 Å². The lowest BCUT2D eigenvalue weighted by atomic mass is 9.70. The molecule has 0 aromatic carbocycles. The minimum absolute atomic E-state index is 0.0733. The Kier molecular flexibility index (Phi) is 8.08. The van der Waals surface area contributed by atoms with E-state index in [1.807, 2.05) is 4.90 Å². The van der Waals surface area contributed by atoms with Crippen LogP contribution in [0.3, 0.4) is 0 Å². The largest absolute Gasteiger partial charge is 0.465 e. The summed E-state index contributed by atoms with van der Waals surface area (Å²) in [7, 11) is 0. The average Bonchev–Trinajstić information content (AvgIpc) is 3.45. The first-order valence-corrected chi connectivity index (χ1v) is 13.7. The Balaban J connectivity index is 1.72. The highest BCUT2D eigenvalue weighted by molar-refractivity contribution is 9.09. The van der Waals surface area contributed by atoms with Crippen molar-refractivity contribution in [1.82, 2.24) is 9.80 Å². The van der Waals surface area contributed by atoms with Crippen LogP contribution >= 0.6 is 15.9 Å². The van der Waals surface area contributed by atoms with Crippen LogP contribution in [0, 0.1) is 11.8 Å². The van der Waals surface area contributed by atoms with Crippen molar-refractivity contribution < 1.29 is 29.0 Å². The van der Waals surface area contributed by atoms with Gasteiger partial charge in [-0.1, -0.05) is 47.3 Å². The third kappa shape index (κ3) is 4.37. The molecule has 1 aliphatic carbocycles. The van der Waals surface area contributed by atoms with Gasteiger partial charge in [0.15, 0.2) is 0 Å². The molecular formula is C26H37BrN2O6. The van der Waals surface area contributed by atoms with Crippen LogP contribution < -0.4 is 0 Å². The van der Waals surface area contributed by atoms with Crippen molar-refractivity contribution in [3.8, 4) is 0 Å². The lowest BCUT2D eigenvalue weighted by Crippen LogP contribution is -2.60. The number of carbonyl (C=O) groups excluding carboxylic acids is 3. The Morgan fingerprint density at radius 3 is 2.66 bits per heavy atom. The molecule has 3 aliphatic heterocycles. The molecule has 1 N–H and O–H groups in total. The second-order valence-electron chi connectivity index (χ2n) is 10.3. The van der Waals surface area contributed by atoms with Gasteiger partial charge in [0.05, 0.1) is 37.2 Å². The summed E-state index contributed by atoms with van der Waals surface area (Å²) in [6.45, 7) is 9.51. The normalized spacial score (nSPS) is 35.0. The maximum absolute atomic E-state index is 14.3. The van der Waals surface area contributed by atoms with E-state index in [2.05, 4.69) is 29.1 Å². The number of ether oxygens (including phenoxy) is 2. The SMILES string of the molecule is C=CCCOC(=O)[C@H]1[C@@H]2OC3(CC2Br)C(C(=O)N(CC=C)C2CCCCC2)N([C@H](C)CO)C(=O)[C@H]13. The summed E-state index contributed by atoms with van der Waals surface area (Å²) in [5.41, 5.74) is -1.15. The van der Waals surface area contributed by atoms with E-state index in [0.717, 1.165) is 32.1 Å². The third-order valence-electron chi connectivity index (χ3n) is 8.16. The Morgan fingerprint density at radius 1 is 1.31 bits per heavy atom. The third-order valence-corrected chi connectivity index (χ3v) is 9.01. The molecule has 3 saturated heterocycles. The number of fused-ring (bicyclic) bond motifs is 1. The van der Waals surface area contributed by atoms with Gasteiger partial charge in [0, 0.05) is 17.4 Å². The number of likely N-dealkylation sites (tertiary alicyclic amines) is 1. The van der Waals surface area contributed by atoms with Gasteiger partial charge < -0.3 is 24.4 Å². The van der Waals surface area contributed by atoms with E-state index < -0.39 is 41.6 Å². The molecule has 3 unspecified atom stereocenters. The lowest BCUT2D eigenvalue weighted by molar-refractivity contribution is -0.156. The second kappa shape index (κ2) is 10.7. The van der Waals surface area contributed by atoms with E-state index in [1.54, 1.807) is 19.1 Å². The molecule has 2 amide bonds. The van der Waals surface area contributed by atoms with E-state index in [-0.39, 0.29) is 35.9 Å². The summed E-state index contributed by atoms with van der Waals surface area (Å²) in [6.07, 6.45) is 8.87. The van der Waals surface area contributed by atoms with Crippen molar-refractivity contribution in [1.29, 1.82) is 0 Å². The highest BCUT2D eigenvalue weighted by Crippen LogP contribution is 2.60. The highest BCUT2D eigenvalue weighted by Gasteiger charge is 2.77. The molecule has 0 aromatic heterocycles. The number of aliphatic hydroxyl groups is 1. The first-order valence-electron chi connectivity index (χ1n) is 12.8. The number of aliphatic hydroxyl groups excluding tert-OH is 1. The van der Waals surface area contributed by atoms with Crippen molar-refractivity contribution in [3.63, 3.8) is 0 Å². The number of amides is 2. The summed E-state index contributed by atoms with van der Waals surface area (Å²) in [6, 6.07) is -1.44. The van der Waals surface area contributed by atoms with E-state index in [0.29, 0.717) is 19.4 Å². The molecule has 0 radical (unpaired) electrons. The molecule has 9 heteroatoms. The first kappa shape index (κ1) is 26.4. The molecule has 4 aliphatic rings. The van der Waals surface area contributed by atoms with Crippen molar-refractivity contribution in [2.45, 2.75) is 86.5 Å². The Morgan fingerprint density at radius 2 is 2.03 bits per heavy atom. The number of hydrogen-bond donors (Lipinski definition) is 1. The fourth-order valence-electron chi connectivity index (χ4n) is 6.63. The molecular weight excluding hydrogens is 516 g/mol. The summed E-state index contributed by atoms with van der Waals surface area (Å²) in [5, 5.41) is 10.0. The maximum Gasteiger partial charge on any atom is 0.312 e. The van der Waals surface area contributed by atoms with Crippen LogP contribution in [0.25, 0.3) is 0 Å². The zero-order chi connectivity index (χ0) is 25.3. The maximum atomic E-state index is 14.3. The molecule has 3 heterocycles. The van der Waals surface area contributed by atoms with Crippen molar-refractivity contribution in [2.75, 3.05) is 19.8 Å². The second-order valence-corrected chi connectivity index (χ2v) is 11.4. The molecule has 4 rings (SSSR count). The van der Waals surface area contributed by atoms with E-state index in [1.165, 1.54) is 4.90 Å². The van der Waals surface area contributed by atoms with Crippen LogP contribution in [0.2, 0.25) is 0 Å². The molecule has 7 atom stereocenters. The zero-order valence-corrected chi connectivity index (χ0v) is 22.0. The van der Waals surface area contributed by atoms with Gasteiger partial charge in [-0.15, -0.1) is 13.2 Å². The number of halogens is 1.